The van der Waals surface area contributed by atoms with Gasteiger partial charge in [0, 0.05) is 25.9 Å². The van der Waals surface area contributed by atoms with Gasteiger partial charge < -0.3 is 75.0 Å². The molecule has 4 aliphatic rings. The van der Waals surface area contributed by atoms with Gasteiger partial charge in [-0.25, -0.2) is 4.79 Å². The van der Waals surface area contributed by atoms with Crippen molar-refractivity contribution in [2.45, 2.75) is 198 Å². The quantitative estimate of drug-likeness (QED) is 0.0798. The van der Waals surface area contributed by atoms with Crippen LogP contribution in [0, 0.1) is 23.2 Å². The van der Waals surface area contributed by atoms with E-state index in [1.807, 2.05) is 27.7 Å². The summed E-state index contributed by atoms with van der Waals surface area (Å²) in [5, 5.41) is 72.5. The van der Waals surface area contributed by atoms with E-state index in [4.69, 9.17) is 28.4 Å². The predicted molar refractivity (Wildman–Crippen MR) is 221 cm³/mol. The van der Waals surface area contributed by atoms with Gasteiger partial charge in [-0.05, 0) is 72.6 Å². The van der Waals surface area contributed by atoms with Crippen molar-refractivity contribution >= 4 is 23.7 Å². The molecule has 0 aromatic rings. The van der Waals surface area contributed by atoms with Gasteiger partial charge in [-0.1, -0.05) is 45.4 Å². The zero-order valence-electron chi connectivity index (χ0n) is 37.7. The van der Waals surface area contributed by atoms with E-state index in [2.05, 4.69) is 16.0 Å². The average Bonchev–Trinajstić information content (AvgIpc) is 3.21. The van der Waals surface area contributed by atoms with Gasteiger partial charge in [-0.3, -0.25) is 14.4 Å². The Kier molecular flexibility index (Phi) is 19.4. The number of aliphatic hydroxyl groups excluding tert-OH is 5. The third-order valence-corrected chi connectivity index (χ3v) is 12.5. The monoisotopic (exact) mass is 890 g/mol. The van der Waals surface area contributed by atoms with Crippen LogP contribution in [0.5, 0.6) is 0 Å². The van der Waals surface area contributed by atoms with Crippen molar-refractivity contribution in [3.05, 3.63) is 0 Å². The lowest BCUT2D eigenvalue weighted by Gasteiger charge is -2.49. The summed E-state index contributed by atoms with van der Waals surface area (Å²) >= 11 is 0. The van der Waals surface area contributed by atoms with Crippen molar-refractivity contribution in [1.82, 2.24) is 16.0 Å². The first-order valence-electron chi connectivity index (χ1n) is 22.4. The van der Waals surface area contributed by atoms with Crippen LogP contribution in [-0.2, 0) is 47.6 Å². The van der Waals surface area contributed by atoms with E-state index in [-0.39, 0.29) is 56.7 Å². The number of ether oxygens (including phenoxy) is 6. The molecule has 0 bridgehead atoms. The molecular weight excluding hydrogens is 814 g/mol. The molecule has 19 heteroatoms. The molecule has 15 atom stereocenters. The Labute approximate surface area is 365 Å². The highest BCUT2D eigenvalue weighted by Crippen LogP contribution is 2.40. The average molecular weight is 890 g/mol. The Morgan fingerprint density at radius 1 is 0.823 bits per heavy atom. The van der Waals surface area contributed by atoms with Gasteiger partial charge >= 0.3 is 5.97 Å². The van der Waals surface area contributed by atoms with E-state index >= 15 is 0 Å². The fourth-order valence-corrected chi connectivity index (χ4v) is 8.78. The molecule has 2 heterocycles. The van der Waals surface area contributed by atoms with Crippen LogP contribution < -0.4 is 16.0 Å². The third kappa shape index (κ3) is 14.2. The third-order valence-electron chi connectivity index (χ3n) is 12.5. The molecule has 2 saturated heterocycles. The molecule has 358 valence electrons. The largest absolute Gasteiger partial charge is 0.479 e. The van der Waals surface area contributed by atoms with Crippen molar-refractivity contribution in [1.29, 1.82) is 0 Å². The van der Waals surface area contributed by atoms with Crippen LogP contribution in [0.1, 0.15) is 113 Å². The Hall–Kier alpha value is -2.56. The number of amides is 3. The maximum absolute atomic E-state index is 13.9. The predicted octanol–water partition coefficient (Wildman–Crippen LogP) is 0.486. The standard InChI is InChI=1S/C43H75N3O16/c1-9-25-18-26(37(53)44-15-16-45-41(56)43(7,8)21-57-42(4,5)6)19-27(35(25)62-40-34(52)33(51)31(49)22(2)58-40)60-39-30(46-23(3)48)36(32(50)29(20-47)61-39)59-28(38(54)55)17-24-13-11-10-12-14-24/h22,24-36,39-40,47,49-52H,9-21H2,1-8H3,(H,44,53)(H,45,56)(H,46,48)(H,54,55)/t22?,25-,26?,27?,28+,29+,30?,31?,32?,33?,34?,35?,36?,39-,40?/m1/s1. The summed E-state index contributed by atoms with van der Waals surface area (Å²) in [4.78, 5) is 52.2. The fourth-order valence-electron chi connectivity index (χ4n) is 8.78. The molecule has 19 nitrogen and oxygen atoms in total. The van der Waals surface area contributed by atoms with Crippen LogP contribution >= 0.6 is 0 Å². The number of carbonyl (C=O) groups is 4. The summed E-state index contributed by atoms with van der Waals surface area (Å²) in [6.45, 7) is 13.6. The molecule has 0 spiro atoms. The van der Waals surface area contributed by atoms with Crippen LogP contribution in [0.2, 0.25) is 0 Å². The summed E-state index contributed by atoms with van der Waals surface area (Å²) < 4.78 is 37.0. The number of nitrogens with one attached hydrogen (secondary N) is 3. The summed E-state index contributed by atoms with van der Waals surface area (Å²) in [5.74, 6) is -3.48. The van der Waals surface area contributed by atoms with Gasteiger partial charge in [0.25, 0.3) is 0 Å². The molecule has 2 aliphatic heterocycles. The molecule has 0 radical (unpaired) electrons. The zero-order valence-corrected chi connectivity index (χ0v) is 37.7. The number of hydrogen-bond donors (Lipinski definition) is 9. The Balaban J connectivity index is 1.59. The van der Waals surface area contributed by atoms with Crippen LogP contribution in [0.15, 0.2) is 0 Å². The summed E-state index contributed by atoms with van der Waals surface area (Å²) in [6, 6.07) is -1.32. The van der Waals surface area contributed by atoms with Crippen molar-refractivity contribution in [2.24, 2.45) is 23.2 Å². The first-order valence-corrected chi connectivity index (χ1v) is 22.4. The van der Waals surface area contributed by atoms with Gasteiger partial charge in [0.2, 0.25) is 17.7 Å². The van der Waals surface area contributed by atoms with Crippen LogP contribution in [0.4, 0.5) is 0 Å². The molecule has 0 aromatic heterocycles. The number of rotatable bonds is 19. The number of carbonyl (C=O) groups excluding carboxylic acids is 3. The number of hydrogen-bond acceptors (Lipinski definition) is 15. The van der Waals surface area contributed by atoms with E-state index < -0.39 is 121 Å². The second-order valence-corrected chi connectivity index (χ2v) is 19.2. The minimum absolute atomic E-state index is 0.00989. The van der Waals surface area contributed by atoms with Crippen LogP contribution in [0.3, 0.4) is 0 Å². The molecule has 2 aliphatic carbocycles. The molecule has 4 rings (SSSR count). The molecule has 9 N–H and O–H groups in total. The number of aliphatic carboxylic acids is 1. The van der Waals surface area contributed by atoms with E-state index in [9.17, 15) is 49.8 Å². The van der Waals surface area contributed by atoms with Gasteiger partial charge in [-0.2, -0.15) is 0 Å². The van der Waals surface area contributed by atoms with Crippen LogP contribution in [0.25, 0.3) is 0 Å². The Morgan fingerprint density at radius 2 is 1.48 bits per heavy atom. The summed E-state index contributed by atoms with van der Waals surface area (Å²) in [5.41, 5.74) is -1.26. The highest BCUT2D eigenvalue weighted by molar-refractivity contribution is 5.82. The van der Waals surface area contributed by atoms with E-state index in [0.29, 0.717) is 6.42 Å². The summed E-state index contributed by atoms with van der Waals surface area (Å²) in [7, 11) is 0. The molecule has 11 unspecified atom stereocenters. The van der Waals surface area contributed by atoms with Crippen LogP contribution in [-0.4, -0.2) is 166 Å². The van der Waals surface area contributed by atoms with E-state index in [1.54, 1.807) is 13.8 Å². The SMILES string of the molecule is CC[C@@H]1CC(C(=O)NCCNC(=O)C(C)(C)COC(C)(C)C)CC(O[C@@H]2O[C@@H](CO)C(O)C(O[C@@H](CC3CCCCC3)C(=O)O)C2NC(C)=O)C1OC1OC(C)C(O)C(O)C1O. The van der Waals surface area contributed by atoms with Gasteiger partial charge in [0.15, 0.2) is 18.7 Å². The molecule has 0 aromatic carbocycles. The van der Waals surface area contributed by atoms with E-state index in [1.165, 1.54) is 13.8 Å². The number of carboxylic acid groups (broad SMARTS) is 1. The number of carboxylic acids is 1. The first-order chi connectivity index (χ1) is 29.1. The Morgan fingerprint density at radius 3 is 2.08 bits per heavy atom. The Bertz CT molecular complexity index is 1460. The lowest BCUT2D eigenvalue weighted by molar-refractivity contribution is -0.338. The second kappa shape index (κ2) is 23.1. The normalized spacial score (nSPS) is 35.4. The second-order valence-electron chi connectivity index (χ2n) is 19.2. The number of aliphatic hydroxyl groups is 5. The van der Waals surface area contributed by atoms with Gasteiger partial charge in [-0.15, -0.1) is 0 Å². The van der Waals surface area contributed by atoms with Gasteiger partial charge in [0.1, 0.15) is 42.7 Å². The van der Waals surface area contributed by atoms with Crippen molar-refractivity contribution in [2.75, 3.05) is 26.3 Å². The maximum atomic E-state index is 13.9. The highest BCUT2D eigenvalue weighted by Gasteiger charge is 2.53. The fraction of sp³-hybridized carbons (Fsp3) is 0.907. The highest BCUT2D eigenvalue weighted by atomic mass is 16.7. The van der Waals surface area contributed by atoms with Crippen molar-refractivity contribution in [3.63, 3.8) is 0 Å². The first kappa shape index (κ1) is 52.1. The lowest BCUT2D eigenvalue weighted by atomic mass is 9.75. The molecule has 3 amide bonds. The topological polar surface area (TPSA) is 281 Å². The van der Waals surface area contributed by atoms with E-state index in [0.717, 1.165) is 32.1 Å². The molecule has 2 saturated carbocycles. The summed E-state index contributed by atoms with van der Waals surface area (Å²) in [6.07, 6.45) is -10.8. The van der Waals surface area contributed by atoms with Crippen molar-refractivity contribution in [3.8, 4) is 0 Å². The minimum Gasteiger partial charge on any atom is -0.479 e. The molecular formula is C43H75N3O16. The zero-order chi connectivity index (χ0) is 46.1. The smallest absolute Gasteiger partial charge is 0.332 e. The van der Waals surface area contributed by atoms with Gasteiger partial charge in [0.05, 0.1) is 42.5 Å². The van der Waals surface area contributed by atoms with Crippen molar-refractivity contribution < 1.29 is 78.2 Å². The minimum atomic E-state index is -1.66. The maximum Gasteiger partial charge on any atom is 0.332 e. The molecule has 4 fully saturated rings. The molecule has 62 heavy (non-hydrogen) atoms. The lowest BCUT2D eigenvalue weighted by Crippen LogP contribution is -2.67.